The molecule has 31 heavy (non-hydrogen) atoms. The Morgan fingerprint density at radius 1 is 1.19 bits per heavy atom. The average molecular weight is 450 g/mol. The fourth-order valence-electron chi connectivity index (χ4n) is 4.85. The molecule has 0 aromatic carbocycles. The molecule has 2 heterocycles. The highest BCUT2D eigenvalue weighted by molar-refractivity contribution is 5.65. The van der Waals surface area contributed by atoms with Crippen molar-refractivity contribution in [1.29, 1.82) is 0 Å². The zero-order valence-corrected chi connectivity index (χ0v) is 16.7. The van der Waals surface area contributed by atoms with Gasteiger partial charge < -0.3 is 10.5 Å². The molecule has 2 aliphatic carbocycles. The van der Waals surface area contributed by atoms with Crippen LogP contribution in [0.15, 0.2) is 9.59 Å². The predicted molar refractivity (Wildman–Crippen MR) is 101 cm³/mol. The number of fused-ring (bicyclic) bond motifs is 1. The number of halogens is 5. The number of hydrogen-bond donors (Lipinski definition) is 2. The molecular formula is C19H23F5N4O3. The van der Waals surface area contributed by atoms with Gasteiger partial charge in [-0.2, -0.15) is 8.78 Å². The van der Waals surface area contributed by atoms with Crippen LogP contribution >= 0.6 is 0 Å². The van der Waals surface area contributed by atoms with E-state index in [0.717, 1.165) is 0 Å². The van der Waals surface area contributed by atoms with Gasteiger partial charge in [0, 0.05) is 30.6 Å². The van der Waals surface area contributed by atoms with Crippen molar-refractivity contribution < 1.29 is 26.7 Å². The summed E-state index contributed by atoms with van der Waals surface area (Å²) in [5.74, 6) is -0.546. The summed E-state index contributed by atoms with van der Waals surface area (Å²) >= 11 is 0. The third kappa shape index (κ3) is 3.74. The van der Waals surface area contributed by atoms with Crippen LogP contribution in [0.25, 0.3) is 11.1 Å². The van der Waals surface area contributed by atoms with Crippen molar-refractivity contribution >= 4 is 11.1 Å². The van der Waals surface area contributed by atoms with Crippen LogP contribution in [0.4, 0.5) is 22.0 Å². The van der Waals surface area contributed by atoms with Crippen LogP contribution < -0.4 is 27.6 Å². The number of rotatable bonds is 6. The third-order valence-electron chi connectivity index (χ3n) is 6.35. The lowest BCUT2D eigenvalue weighted by molar-refractivity contribution is -0.167. The topological polar surface area (TPSA) is 93.4 Å². The molecule has 0 spiro atoms. The predicted octanol–water partition coefficient (Wildman–Crippen LogP) is -0.323. The van der Waals surface area contributed by atoms with E-state index in [1.54, 1.807) is 0 Å². The van der Waals surface area contributed by atoms with Gasteiger partial charge >= 0.3 is 12.3 Å². The first-order valence-electron chi connectivity index (χ1n) is 10.0. The van der Waals surface area contributed by atoms with Gasteiger partial charge in [-0.05, 0) is 31.9 Å². The van der Waals surface area contributed by atoms with E-state index in [4.69, 9.17) is 5.73 Å². The highest BCUT2D eigenvalue weighted by atomic mass is 19.3. The third-order valence-corrected chi connectivity index (χ3v) is 6.35. The van der Waals surface area contributed by atoms with E-state index in [9.17, 15) is 27.2 Å². The fourth-order valence-corrected chi connectivity index (χ4v) is 4.85. The molecule has 1 saturated heterocycles. The molecule has 4 rings (SSSR count). The minimum Gasteiger partial charge on any atom is -0.330 e. The standard InChI is InChI=1S/C19H23F5N4O3/c1-7-14-12(17(29)26-19(30)28(14)9-2-3-9)11(16(21)22)13(20)15(7)27-5-8(4-25)10(6-27)31-18(23)24/h8-10,13,15-16,18H,2-6,25H2,1H3,(H,26,29,30). The first kappa shape index (κ1) is 22.2. The van der Waals surface area contributed by atoms with Crippen LogP contribution in [-0.4, -0.2) is 65.4 Å². The SMILES string of the molecule is CC1=c2c(c(=O)[nH]c(=O)n2C2CC2)=C(C(F)F)C(F)C1N1CC(CN)C(OC(F)F)C1. The number of hydrogen-bond acceptors (Lipinski definition) is 5. The van der Waals surface area contributed by atoms with Gasteiger partial charge in [0.1, 0.15) is 6.17 Å². The molecule has 1 aromatic rings. The number of nitrogens with two attached hydrogens (primary N) is 1. The minimum absolute atomic E-state index is 0.00650. The highest BCUT2D eigenvalue weighted by Crippen LogP contribution is 2.35. The van der Waals surface area contributed by atoms with Gasteiger partial charge in [0.2, 0.25) is 0 Å². The van der Waals surface area contributed by atoms with E-state index < -0.39 is 59.3 Å². The Bertz CT molecular complexity index is 1100. The summed E-state index contributed by atoms with van der Waals surface area (Å²) in [6, 6.07) is -1.53. The van der Waals surface area contributed by atoms with Crippen molar-refractivity contribution in [2.45, 2.75) is 57.2 Å². The van der Waals surface area contributed by atoms with Crippen LogP contribution in [0, 0.1) is 5.92 Å². The lowest BCUT2D eigenvalue weighted by Gasteiger charge is -2.35. The molecule has 3 N–H and O–H groups in total. The lowest BCUT2D eigenvalue weighted by atomic mass is 9.89. The Morgan fingerprint density at radius 3 is 2.42 bits per heavy atom. The van der Waals surface area contributed by atoms with Crippen LogP contribution in [0.2, 0.25) is 0 Å². The number of ether oxygens (including phenoxy) is 1. The normalized spacial score (nSPS) is 29.3. The van der Waals surface area contributed by atoms with E-state index >= 15 is 4.39 Å². The molecular weight excluding hydrogens is 427 g/mol. The number of nitrogens with zero attached hydrogens (tertiary/aromatic N) is 2. The second-order valence-corrected chi connectivity index (χ2v) is 8.25. The van der Waals surface area contributed by atoms with Crippen molar-refractivity contribution in [2.24, 2.45) is 11.7 Å². The van der Waals surface area contributed by atoms with Crippen molar-refractivity contribution in [3.8, 4) is 0 Å². The molecule has 2 fully saturated rings. The maximum Gasteiger partial charge on any atom is 0.345 e. The van der Waals surface area contributed by atoms with Crippen LogP contribution in [0.3, 0.4) is 0 Å². The van der Waals surface area contributed by atoms with Gasteiger partial charge in [-0.15, -0.1) is 0 Å². The van der Waals surface area contributed by atoms with Crippen LogP contribution in [0.5, 0.6) is 0 Å². The molecule has 0 amide bonds. The first-order valence-corrected chi connectivity index (χ1v) is 10.0. The van der Waals surface area contributed by atoms with Crippen molar-refractivity contribution in [2.75, 3.05) is 19.6 Å². The lowest BCUT2D eigenvalue weighted by Crippen LogP contribution is -2.62. The van der Waals surface area contributed by atoms with E-state index in [0.29, 0.717) is 12.8 Å². The molecule has 0 bridgehead atoms. The van der Waals surface area contributed by atoms with Gasteiger partial charge in [0.15, 0.2) is 0 Å². The van der Waals surface area contributed by atoms with Crippen molar-refractivity contribution in [3.05, 3.63) is 31.4 Å². The maximum atomic E-state index is 15.6. The Kier molecular flexibility index (Phi) is 5.81. The Labute approximate surface area is 173 Å². The second-order valence-electron chi connectivity index (χ2n) is 8.25. The quantitative estimate of drug-likeness (QED) is 0.580. The van der Waals surface area contributed by atoms with Gasteiger partial charge in [-0.3, -0.25) is 19.2 Å². The van der Waals surface area contributed by atoms with Crippen molar-refractivity contribution in [3.63, 3.8) is 0 Å². The second kappa shape index (κ2) is 8.14. The molecule has 3 aliphatic rings. The summed E-state index contributed by atoms with van der Waals surface area (Å²) in [5, 5.41) is -0.523. The Morgan fingerprint density at radius 2 is 1.87 bits per heavy atom. The molecule has 4 unspecified atom stereocenters. The summed E-state index contributed by atoms with van der Waals surface area (Å²) in [6.07, 6.45) is -5.28. The smallest absolute Gasteiger partial charge is 0.330 e. The molecule has 1 aliphatic heterocycles. The number of aromatic amines is 1. The number of H-pyrrole nitrogens is 1. The van der Waals surface area contributed by atoms with Gasteiger partial charge in [0.05, 0.1) is 22.7 Å². The van der Waals surface area contributed by atoms with E-state index in [2.05, 4.69) is 4.74 Å². The number of alkyl halides is 5. The number of nitrogens with one attached hydrogen (secondary N) is 1. The first-order chi connectivity index (χ1) is 14.6. The average Bonchev–Trinajstić information content (AvgIpc) is 3.43. The van der Waals surface area contributed by atoms with E-state index in [-0.39, 0.29) is 36.6 Å². The summed E-state index contributed by atoms with van der Waals surface area (Å²) < 4.78 is 74.9. The Hall–Kier alpha value is -2.05. The molecule has 1 saturated carbocycles. The molecule has 12 heteroatoms. The molecule has 172 valence electrons. The number of likely N-dealkylation sites (tertiary alicyclic amines) is 1. The van der Waals surface area contributed by atoms with Crippen molar-refractivity contribution in [1.82, 2.24) is 14.5 Å². The van der Waals surface area contributed by atoms with Gasteiger partial charge in [-0.25, -0.2) is 18.0 Å². The van der Waals surface area contributed by atoms with E-state index in [1.165, 1.54) is 16.4 Å². The summed E-state index contributed by atoms with van der Waals surface area (Å²) in [4.78, 5) is 28.4. The largest absolute Gasteiger partial charge is 0.345 e. The minimum atomic E-state index is -3.28. The highest BCUT2D eigenvalue weighted by Gasteiger charge is 2.46. The monoisotopic (exact) mass is 450 g/mol. The maximum absolute atomic E-state index is 15.6. The van der Waals surface area contributed by atoms with Gasteiger partial charge in [0.25, 0.3) is 12.0 Å². The zero-order valence-electron chi connectivity index (χ0n) is 16.7. The molecule has 7 nitrogen and oxygen atoms in total. The fraction of sp³-hybridized carbons (Fsp3) is 0.684. The Balaban J connectivity index is 1.91. The van der Waals surface area contributed by atoms with Crippen LogP contribution in [0.1, 0.15) is 25.8 Å². The molecule has 1 aromatic heterocycles. The summed E-state index contributed by atoms with van der Waals surface area (Å²) in [7, 11) is 0. The summed E-state index contributed by atoms with van der Waals surface area (Å²) in [6.45, 7) is -1.67. The molecule has 0 radical (unpaired) electrons. The zero-order chi connectivity index (χ0) is 22.6. The number of aromatic nitrogens is 2. The van der Waals surface area contributed by atoms with Crippen LogP contribution in [-0.2, 0) is 4.74 Å². The molecule has 4 atom stereocenters. The van der Waals surface area contributed by atoms with E-state index in [1.807, 2.05) is 4.98 Å². The summed E-state index contributed by atoms with van der Waals surface area (Å²) in [5.41, 5.74) is 3.09. The van der Waals surface area contributed by atoms with Gasteiger partial charge in [-0.1, -0.05) is 0 Å².